The Bertz CT molecular complexity index is 723. The molecule has 5 heterocycles. The monoisotopic (exact) mass is 546 g/mol. The summed E-state index contributed by atoms with van der Waals surface area (Å²) in [6, 6.07) is 1.42. The predicted octanol–water partition coefficient (Wildman–Crippen LogP) is 7.39. The van der Waals surface area contributed by atoms with Crippen molar-refractivity contribution in [3.63, 3.8) is 0 Å². The van der Waals surface area contributed by atoms with Crippen molar-refractivity contribution < 1.29 is 0 Å². The summed E-state index contributed by atoms with van der Waals surface area (Å²) >= 11 is 0. The van der Waals surface area contributed by atoms with Gasteiger partial charge in [-0.1, -0.05) is 44.4 Å². The molecule has 0 aliphatic carbocycles. The Morgan fingerprint density at radius 2 is 0.821 bits per heavy atom. The first-order chi connectivity index (χ1) is 18.2. The van der Waals surface area contributed by atoms with E-state index in [9.17, 15) is 0 Å². The summed E-state index contributed by atoms with van der Waals surface area (Å²) in [5, 5.41) is 16.7. The minimum absolute atomic E-state index is 0.542. The standard InChI is InChI=1S/2C7H15N.2C7H13N.C6H11N/c2*1-6-7(2,3)4-5-8-6;2*1-6-4-3-5-8-7(6)2;1-5-3-4-7-6(5)2/h2*6,8H,4-5H2,1-3H3;2*8H,3-5H2,1-2H3;7H,3-4H2,1-2H3. The Morgan fingerprint density at radius 3 is 0.949 bits per heavy atom. The number of hydrogen-bond acceptors (Lipinski definition) is 5. The molecule has 5 rings (SSSR count). The molecule has 0 amide bonds. The molecule has 0 radical (unpaired) electrons. The number of nitrogens with one attached hydrogen (secondary N) is 5. The molecule has 0 aromatic carbocycles. The predicted molar refractivity (Wildman–Crippen MR) is 174 cm³/mol. The Labute approximate surface area is 243 Å². The molecule has 0 aromatic heterocycles. The van der Waals surface area contributed by atoms with Gasteiger partial charge < -0.3 is 26.6 Å². The second kappa shape index (κ2) is 17.4. The summed E-state index contributed by atoms with van der Waals surface area (Å²) in [5.41, 5.74) is 9.79. The van der Waals surface area contributed by atoms with Crippen molar-refractivity contribution in [2.75, 3.05) is 32.7 Å². The molecule has 5 heteroatoms. The highest BCUT2D eigenvalue weighted by molar-refractivity contribution is 5.13. The summed E-state index contributed by atoms with van der Waals surface area (Å²) < 4.78 is 0. The van der Waals surface area contributed by atoms with Gasteiger partial charge in [-0.2, -0.15) is 0 Å². The zero-order chi connectivity index (χ0) is 29.6. The van der Waals surface area contributed by atoms with Crippen LogP contribution in [0.1, 0.15) is 128 Å². The van der Waals surface area contributed by atoms with Crippen LogP contribution in [0, 0.1) is 10.8 Å². The van der Waals surface area contributed by atoms with E-state index >= 15 is 0 Å². The van der Waals surface area contributed by atoms with Crippen molar-refractivity contribution in [3.05, 3.63) is 33.8 Å². The Hall–Kier alpha value is -1.46. The van der Waals surface area contributed by atoms with E-state index in [0.717, 1.165) is 6.54 Å². The fraction of sp³-hybridized carbons (Fsp3) is 0.824. The van der Waals surface area contributed by atoms with Gasteiger partial charge >= 0.3 is 0 Å². The van der Waals surface area contributed by atoms with E-state index in [1.165, 1.54) is 105 Å². The average Bonchev–Trinajstić information content (AvgIpc) is 3.51. The Morgan fingerprint density at radius 1 is 0.487 bits per heavy atom. The van der Waals surface area contributed by atoms with Gasteiger partial charge in [-0.25, -0.2) is 0 Å². The summed E-state index contributed by atoms with van der Waals surface area (Å²) in [6.45, 7) is 32.7. The minimum atomic E-state index is 0.542. The van der Waals surface area contributed by atoms with Gasteiger partial charge in [0.2, 0.25) is 0 Å². The third-order valence-corrected chi connectivity index (χ3v) is 9.83. The second-order valence-electron chi connectivity index (χ2n) is 13.8. The van der Waals surface area contributed by atoms with Crippen LogP contribution in [-0.4, -0.2) is 44.8 Å². The molecule has 5 aliphatic rings. The van der Waals surface area contributed by atoms with Crippen LogP contribution in [0.3, 0.4) is 0 Å². The largest absolute Gasteiger partial charge is 0.389 e. The summed E-state index contributed by atoms with van der Waals surface area (Å²) in [5.74, 6) is 0. The maximum absolute atomic E-state index is 3.41. The van der Waals surface area contributed by atoms with Crippen LogP contribution in [0.4, 0.5) is 0 Å². The molecule has 5 N–H and O–H groups in total. The third-order valence-electron chi connectivity index (χ3n) is 9.83. The lowest BCUT2D eigenvalue weighted by Crippen LogP contribution is -2.28. The highest BCUT2D eigenvalue weighted by Crippen LogP contribution is 2.29. The van der Waals surface area contributed by atoms with E-state index in [-0.39, 0.29) is 0 Å². The van der Waals surface area contributed by atoms with Gasteiger partial charge in [0.15, 0.2) is 0 Å². The fourth-order valence-electron chi connectivity index (χ4n) is 4.92. The minimum Gasteiger partial charge on any atom is -0.389 e. The van der Waals surface area contributed by atoms with Crippen LogP contribution in [0.5, 0.6) is 0 Å². The van der Waals surface area contributed by atoms with E-state index in [0.29, 0.717) is 22.9 Å². The lowest BCUT2D eigenvalue weighted by molar-refractivity contribution is 0.332. The Kier molecular flexibility index (Phi) is 15.8. The van der Waals surface area contributed by atoms with Crippen molar-refractivity contribution in [1.29, 1.82) is 0 Å². The molecule has 228 valence electrons. The molecular weight excluding hydrogens is 478 g/mol. The zero-order valence-electron chi connectivity index (χ0n) is 28.1. The van der Waals surface area contributed by atoms with Crippen LogP contribution >= 0.6 is 0 Å². The van der Waals surface area contributed by atoms with Crippen LogP contribution in [0.2, 0.25) is 0 Å². The number of rotatable bonds is 0. The molecule has 0 aromatic rings. The fourth-order valence-corrected chi connectivity index (χ4v) is 4.92. The lowest BCUT2D eigenvalue weighted by Gasteiger charge is -2.21. The third kappa shape index (κ3) is 13.6. The maximum atomic E-state index is 3.41. The van der Waals surface area contributed by atoms with Gasteiger partial charge in [0, 0.05) is 48.8 Å². The summed E-state index contributed by atoms with van der Waals surface area (Å²) in [4.78, 5) is 0. The normalized spacial score (nSPS) is 26.8. The van der Waals surface area contributed by atoms with Crippen molar-refractivity contribution >= 4 is 0 Å². The highest BCUT2D eigenvalue weighted by Gasteiger charge is 2.30. The van der Waals surface area contributed by atoms with E-state index in [1.54, 1.807) is 0 Å². The van der Waals surface area contributed by atoms with Crippen LogP contribution < -0.4 is 26.6 Å². The van der Waals surface area contributed by atoms with Crippen molar-refractivity contribution in [2.24, 2.45) is 10.8 Å². The zero-order valence-corrected chi connectivity index (χ0v) is 28.1. The molecule has 5 nitrogen and oxygen atoms in total. The first-order valence-corrected chi connectivity index (χ1v) is 15.8. The molecule has 2 saturated heterocycles. The van der Waals surface area contributed by atoms with Gasteiger partial charge in [-0.3, -0.25) is 0 Å². The highest BCUT2D eigenvalue weighted by atomic mass is 15.0. The smallest absolute Gasteiger partial charge is 0.0181 e. The van der Waals surface area contributed by atoms with E-state index < -0.39 is 0 Å². The molecular formula is C34H67N5. The molecule has 0 spiro atoms. The Balaban J connectivity index is 0.000000244. The lowest BCUT2D eigenvalue weighted by atomic mass is 9.86. The first kappa shape index (κ1) is 35.6. The number of hydrogen-bond donors (Lipinski definition) is 5. The molecule has 0 bridgehead atoms. The SMILES string of the molecule is CC1=C(C)NCC1.CC1=C(C)NCCC1.CC1=C(C)NCCC1.CC1NCCC1(C)C.CC1NCCC1(C)C. The van der Waals surface area contributed by atoms with E-state index in [4.69, 9.17) is 0 Å². The van der Waals surface area contributed by atoms with Crippen LogP contribution in [0.25, 0.3) is 0 Å². The first-order valence-electron chi connectivity index (χ1n) is 15.8. The summed E-state index contributed by atoms with van der Waals surface area (Å²) in [7, 11) is 0. The van der Waals surface area contributed by atoms with E-state index in [1.807, 2.05) is 0 Å². The molecule has 2 atom stereocenters. The molecule has 2 fully saturated rings. The summed E-state index contributed by atoms with van der Waals surface area (Å²) in [6.07, 6.45) is 9.10. The molecule has 2 unspecified atom stereocenters. The molecule has 39 heavy (non-hydrogen) atoms. The van der Waals surface area contributed by atoms with Crippen molar-refractivity contribution in [1.82, 2.24) is 26.6 Å². The number of allylic oxidation sites excluding steroid dienone is 5. The van der Waals surface area contributed by atoms with Gasteiger partial charge in [-0.15, -0.1) is 0 Å². The van der Waals surface area contributed by atoms with Gasteiger partial charge in [0.05, 0.1) is 0 Å². The molecule has 0 saturated carbocycles. The topological polar surface area (TPSA) is 60.1 Å². The van der Waals surface area contributed by atoms with Gasteiger partial charge in [-0.05, 0) is 124 Å². The van der Waals surface area contributed by atoms with Gasteiger partial charge in [0.1, 0.15) is 0 Å². The van der Waals surface area contributed by atoms with Crippen LogP contribution in [0.15, 0.2) is 33.8 Å². The van der Waals surface area contributed by atoms with Gasteiger partial charge in [0.25, 0.3) is 0 Å². The maximum Gasteiger partial charge on any atom is 0.0181 e. The van der Waals surface area contributed by atoms with E-state index in [2.05, 4.69) is 110 Å². The van der Waals surface area contributed by atoms with Crippen LogP contribution in [-0.2, 0) is 0 Å². The second-order valence-corrected chi connectivity index (χ2v) is 13.8. The quantitative estimate of drug-likeness (QED) is 0.220. The van der Waals surface area contributed by atoms with Crippen molar-refractivity contribution in [2.45, 2.75) is 140 Å². The molecule has 5 aliphatic heterocycles. The van der Waals surface area contributed by atoms with Crippen molar-refractivity contribution in [3.8, 4) is 0 Å². The average molecular weight is 546 g/mol.